The SMILES string of the molecule is CCSCC[C@@H](N)[C@@H](O)C(=O)NCCN1C(=O)CC[C@@H]1N. The highest BCUT2D eigenvalue weighted by atomic mass is 32.2. The second kappa shape index (κ2) is 9.24. The van der Waals surface area contributed by atoms with E-state index in [1.165, 1.54) is 0 Å². The predicted molar refractivity (Wildman–Crippen MR) is 83.5 cm³/mol. The maximum absolute atomic E-state index is 11.8. The molecule has 1 aliphatic rings. The molecule has 0 spiro atoms. The van der Waals surface area contributed by atoms with Crippen LogP contribution in [0.15, 0.2) is 0 Å². The van der Waals surface area contributed by atoms with Gasteiger partial charge in [0.05, 0.1) is 6.17 Å². The van der Waals surface area contributed by atoms with Crippen molar-refractivity contribution >= 4 is 23.6 Å². The van der Waals surface area contributed by atoms with E-state index in [9.17, 15) is 14.7 Å². The fraction of sp³-hybridized carbons (Fsp3) is 0.846. The molecule has 1 fully saturated rings. The molecule has 1 heterocycles. The van der Waals surface area contributed by atoms with Crippen molar-refractivity contribution in [2.45, 2.75) is 44.5 Å². The van der Waals surface area contributed by atoms with E-state index < -0.39 is 18.1 Å². The zero-order chi connectivity index (χ0) is 15.8. The lowest BCUT2D eigenvalue weighted by Crippen LogP contribution is -2.49. The van der Waals surface area contributed by atoms with Crippen LogP contribution < -0.4 is 16.8 Å². The number of likely N-dealkylation sites (tertiary alicyclic amines) is 1. The third-order valence-electron chi connectivity index (χ3n) is 3.50. The molecule has 0 radical (unpaired) electrons. The Kier molecular flexibility index (Phi) is 8.02. The molecule has 8 heteroatoms. The van der Waals surface area contributed by atoms with E-state index in [2.05, 4.69) is 5.32 Å². The Bertz CT molecular complexity index is 356. The smallest absolute Gasteiger partial charge is 0.250 e. The maximum atomic E-state index is 11.8. The van der Waals surface area contributed by atoms with Crippen LogP contribution >= 0.6 is 11.8 Å². The number of nitrogens with zero attached hydrogens (tertiary/aromatic N) is 1. The first-order chi connectivity index (χ1) is 9.97. The Morgan fingerprint density at radius 3 is 2.90 bits per heavy atom. The third-order valence-corrected chi connectivity index (χ3v) is 4.43. The van der Waals surface area contributed by atoms with Gasteiger partial charge >= 0.3 is 0 Å². The summed E-state index contributed by atoms with van der Waals surface area (Å²) in [5.74, 6) is 1.31. The summed E-state index contributed by atoms with van der Waals surface area (Å²) in [4.78, 5) is 24.8. The Balaban J connectivity index is 2.24. The fourth-order valence-electron chi connectivity index (χ4n) is 2.17. The Morgan fingerprint density at radius 2 is 2.33 bits per heavy atom. The molecule has 0 bridgehead atoms. The van der Waals surface area contributed by atoms with Crippen molar-refractivity contribution in [1.29, 1.82) is 0 Å². The second-order valence-corrected chi connectivity index (χ2v) is 6.47. The Morgan fingerprint density at radius 1 is 1.62 bits per heavy atom. The van der Waals surface area contributed by atoms with Crippen LogP contribution in [0.25, 0.3) is 0 Å². The molecular formula is C13H26N4O3S. The summed E-state index contributed by atoms with van der Waals surface area (Å²) < 4.78 is 0. The van der Waals surface area contributed by atoms with Crippen LogP contribution in [-0.2, 0) is 9.59 Å². The number of carbonyl (C=O) groups is 2. The van der Waals surface area contributed by atoms with Gasteiger partial charge in [-0.05, 0) is 24.3 Å². The van der Waals surface area contributed by atoms with Crippen LogP contribution in [0.5, 0.6) is 0 Å². The number of rotatable bonds is 9. The first-order valence-corrected chi connectivity index (χ1v) is 8.47. The molecule has 6 N–H and O–H groups in total. The first kappa shape index (κ1) is 18.2. The minimum atomic E-state index is -1.22. The molecule has 0 aromatic rings. The second-order valence-electron chi connectivity index (χ2n) is 5.08. The average Bonchev–Trinajstić information content (AvgIpc) is 2.78. The molecule has 1 saturated heterocycles. The van der Waals surface area contributed by atoms with Gasteiger partial charge in [0.25, 0.3) is 5.91 Å². The van der Waals surface area contributed by atoms with E-state index in [1.807, 2.05) is 6.92 Å². The van der Waals surface area contributed by atoms with Crippen molar-refractivity contribution in [2.75, 3.05) is 24.6 Å². The summed E-state index contributed by atoms with van der Waals surface area (Å²) >= 11 is 1.72. The predicted octanol–water partition coefficient (Wildman–Crippen LogP) is -1.16. The standard InChI is InChI=1S/C13H26N4O3S/c1-2-21-8-5-9(14)12(19)13(20)16-6-7-17-10(15)3-4-11(17)18/h9-10,12,19H,2-8,14-15H2,1H3,(H,16,20)/t9-,10-,12-/m1/s1. The summed E-state index contributed by atoms with van der Waals surface area (Å²) in [5, 5.41) is 12.4. The van der Waals surface area contributed by atoms with E-state index in [4.69, 9.17) is 11.5 Å². The zero-order valence-corrected chi connectivity index (χ0v) is 13.3. The molecule has 1 rings (SSSR count). The molecule has 2 amide bonds. The van der Waals surface area contributed by atoms with Gasteiger partial charge in [0.2, 0.25) is 5.91 Å². The quantitative estimate of drug-likeness (QED) is 0.398. The third kappa shape index (κ3) is 5.82. The van der Waals surface area contributed by atoms with Gasteiger partial charge in [0, 0.05) is 25.6 Å². The largest absolute Gasteiger partial charge is 0.382 e. The van der Waals surface area contributed by atoms with Crippen LogP contribution in [0.3, 0.4) is 0 Å². The van der Waals surface area contributed by atoms with Gasteiger partial charge in [0.1, 0.15) is 6.10 Å². The summed E-state index contributed by atoms with van der Waals surface area (Å²) in [7, 11) is 0. The molecule has 122 valence electrons. The number of amides is 2. The molecular weight excluding hydrogens is 292 g/mol. The van der Waals surface area contributed by atoms with Crippen LogP contribution in [0, 0.1) is 0 Å². The van der Waals surface area contributed by atoms with Gasteiger partial charge < -0.3 is 26.8 Å². The van der Waals surface area contributed by atoms with Gasteiger partial charge in [-0.25, -0.2) is 0 Å². The van der Waals surface area contributed by atoms with Gasteiger partial charge in [0.15, 0.2) is 0 Å². The Hall–Kier alpha value is -0.830. The van der Waals surface area contributed by atoms with Crippen LogP contribution in [0.1, 0.15) is 26.2 Å². The summed E-state index contributed by atoms with van der Waals surface area (Å²) in [6.45, 7) is 2.68. The van der Waals surface area contributed by atoms with Gasteiger partial charge in [-0.2, -0.15) is 11.8 Å². The van der Waals surface area contributed by atoms with Crippen LogP contribution in [0.2, 0.25) is 0 Å². The average molecular weight is 318 g/mol. The highest BCUT2D eigenvalue weighted by Gasteiger charge is 2.28. The van der Waals surface area contributed by atoms with Crippen LogP contribution in [0.4, 0.5) is 0 Å². The van der Waals surface area contributed by atoms with E-state index in [0.717, 1.165) is 11.5 Å². The lowest BCUT2D eigenvalue weighted by atomic mass is 10.1. The van der Waals surface area contributed by atoms with Crippen molar-refractivity contribution in [3.63, 3.8) is 0 Å². The number of carbonyl (C=O) groups excluding carboxylic acids is 2. The molecule has 0 aromatic heterocycles. The van der Waals surface area contributed by atoms with E-state index in [1.54, 1.807) is 16.7 Å². The topological polar surface area (TPSA) is 122 Å². The van der Waals surface area contributed by atoms with Crippen molar-refractivity contribution < 1.29 is 14.7 Å². The van der Waals surface area contributed by atoms with E-state index in [0.29, 0.717) is 25.8 Å². The number of thioether (sulfide) groups is 1. The van der Waals surface area contributed by atoms with Gasteiger partial charge in [-0.3, -0.25) is 9.59 Å². The minimum absolute atomic E-state index is 0.00518. The lowest BCUT2D eigenvalue weighted by Gasteiger charge is -2.22. The number of nitrogens with two attached hydrogens (primary N) is 2. The highest BCUT2D eigenvalue weighted by molar-refractivity contribution is 7.99. The fourth-order valence-corrected chi connectivity index (χ4v) is 2.89. The number of hydrogen-bond donors (Lipinski definition) is 4. The summed E-state index contributed by atoms with van der Waals surface area (Å²) in [5.41, 5.74) is 11.6. The van der Waals surface area contributed by atoms with Crippen molar-refractivity contribution in [3.05, 3.63) is 0 Å². The number of hydrogen-bond acceptors (Lipinski definition) is 6. The molecule has 7 nitrogen and oxygen atoms in total. The van der Waals surface area contributed by atoms with E-state index in [-0.39, 0.29) is 18.6 Å². The van der Waals surface area contributed by atoms with E-state index >= 15 is 0 Å². The molecule has 1 aliphatic heterocycles. The number of nitrogens with one attached hydrogen (secondary N) is 1. The lowest BCUT2D eigenvalue weighted by molar-refractivity contribution is -0.132. The first-order valence-electron chi connectivity index (χ1n) is 7.31. The minimum Gasteiger partial charge on any atom is -0.382 e. The molecule has 0 saturated carbocycles. The molecule has 3 atom stereocenters. The summed E-state index contributed by atoms with van der Waals surface area (Å²) in [6, 6.07) is -0.570. The summed E-state index contributed by atoms with van der Waals surface area (Å²) in [6.07, 6.45) is 0.202. The molecule has 0 aliphatic carbocycles. The zero-order valence-electron chi connectivity index (χ0n) is 12.5. The normalized spacial score (nSPS) is 21.4. The van der Waals surface area contributed by atoms with Crippen molar-refractivity contribution in [3.8, 4) is 0 Å². The molecule has 0 aromatic carbocycles. The number of aliphatic hydroxyl groups excluding tert-OH is 1. The van der Waals surface area contributed by atoms with Crippen molar-refractivity contribution in [1.82, 2.24) is 10.2 Å². The van der Waals surface area contributed by atoms with Crippen molar-refractivity contribution in [2.24, 2.45) is 11.5 Å². The van der Waals surface area contributed by atoms with Gasteiger partial charge in [-0.15, -0.1) is 0 Å². The Labute approximate surface area is 129 Å². The number of aliphatic hydroxyl groups is 1. The molecule has 21 heavy (non-hydrogen) atoms. The molecule has 0 unspecified atom stereocenters. The maximum Gasteiger partial charge on any atom is 0.250 e. The monoisotopic (exact) mass is 318 g/mol. The van der Waals surface area contributed by atoms with Crippen LogP contribution in [-0.4, -0.2) is 64.7 Å². The highest BCUT2D eigenvalue weighted by Crippen LogP contribution is 2.13. The van der Waals surface area contributed by atoms with Gasteiger partial charge in [-0.1, -0.05) is 6.92 Å².